The standard InChI is InChI=1S/C19H23NO5S/c1-5-8-17(25-19(21)24-4)9-7-15-20(14-6-2)26(22,23)18-12-10-16(3)11-13-18/h2,10-13,17H,5,8,14-15H2,1,3-4H3/t17-/m1/s1. The van der Waals surface area contributed by atoms with E-state index in [2.05, 4.69) is 22.5 Å². The molecule has 0 aliphatic rings. The molecule has 0 unspecified atom stereocenters. The van der Waals surface area contributed by atoms with E-state index in [1.165, 1.54) is 19.2 Å². The van der Waals surface area contributed by atoms with E-state index in [0.717, 1.165) is 16.3 Å². The predicted molar refractivity (Wildman–Crippen MR) is 98.7 cm³/mol. The van der Waals surface area contributed by atoms with Crippen LogP contribution in [0.4, 0.5) is 4.79 Å². The quantitative estimate of drug-likeness (QED) is 0.539. The van der Waals surface area contributed by atoms with E-state index in [4.69, 9.17) is 11.2 Å². The Morgan fingerprint density at radius 2 is 1.92 bits per heavy atom. The van der Waals surface area contributed by atoms with Crippen molar-refractivity contribution < 1.29 is 22.7 Å². The summed E-state index contributed by atoms with van der Waals surface area (Å²) in [6.07, 6.45) is 5.07. The summed E-state index contributed by atoms with van der Waals surface area (Å²) in [7, 11) is -2.55. The smallest absolute Gasteiger partial charge is 0.438 e. The number of aryl methyl sites for hydroxylation is 1. The first-order valence-corrected chi connectivity index (χ1v) is 9.52. The summed E-state index contributed by atoms with van der Waals surface area (Å²) in [6, 6.07) is 6.49. The minimum absolute atomic E-state index is 0.106. The second-order valence-electron chi connectivity index (χ2n) is 5.46. The fourth-order valence-electron chi connectivity index (χ4n) is 2.02. The van der Waals surface area contributed by atoms with E-state index < -0.39 is 22.3 Å². The highest BCUT2D eigenvalue weighted by Crippen LogP contribution is 2.15. The van der Waals surface area contributed by atoms with E-state index in [1.54, 1.807) is 12.1 Å². The van der Waals surface area contributed by atoms with Crippen LogP contribution < -0.4 is 0 Å². The number of sulfonamides is 1. The van der Waals surface area contributed by atoms with E-state index >= 15 is 0 Å². The van der Waals surface area contributed by atoms with Crippen LogP contribution in [0.2, 0.25) is 0 Å². The van der Waals surface area contributed by atoms with E-state index in [-0.39, 0.29) is 18.0 Å². The van der Waals surface area contributed by atoms with Crippen LogP contribution in [0.25, 0.3) is 0 Å². The number of carbonyl (C=O) groups is 1. The van der Waals surface area contributed by atoms with Crippen LogP contribution in [0.1, 0.15) is 25.3 Å². The SMILES string of the molecule is C#CCN(CC#C[C@@H](CCC)OC(=O)OC)S(=O)(=O)c1ccc(C)cc1. The normalized spacial score (nSPS) is 11.8. The molecule has 1 aromatic carbocycles. The molecule has 0 aromatic heterocycles. The number of terminal acetylenes is 1. The van der Waals surface area contributed by atoms with E-state index in [0.29, 0.717) is 6.42 Å². The van der Waals surface area contributed by atoms with Crippen molar-refractivity contribution >= 4 is 16.2 Å². The summed E-state index contributed by atoms with van der Waals surface area (Å²) in [4.78, 5) is 11.4. The number of carbonyl (C=O) groups excluding carboxylic acids is 1. The maximum Gasteiger partial charge on any atom is 0.509 e. The first-order valence-electron chi connectivity index (χ1n) is 8.08. The summed E-state index contributed by atoms with van der Waals surface area (Å²) in [5, 5.41) is 0. The lowest BCUT2D eigenvalue weighted by Gasteiger charge is -2.17. The van der Waals surface area contributed by atoms with Crippen molar-refractivity contribution in [2.75, 3.05) is 20.2 Å². The van der Waals surface area contributed by atoms with Crippen LogP contribution in [-0.2, 0) is 19.5 Å². The summed E-state index contributed by atoms with van der Waals surface area (Å²) in [5.41, 5.74) is 0.953. The number of methoxy groups -OCH3 is 1. The highest BCUT2D eigenvalue weighted by molar-refractivity contribution is 7.89. The molecule has 0 aliphatic heterocycles. The summed E-state index contributed by atoms with van der Waals surface area (Å²) < 4.78 is 36.0. The lowest BCUT2D eigenvalue weighted by Crippen LogP contribution is -2.32. The monoisotopic (exact) mass is 377 g/mol. The van der Waals surface area contributed by atoms with Gasteiger partial charge in [-0.05, 0) is 25.5 Å². The van der Waals surface area contributed by atoms with Crippen molar-refractivity contribution in [1.29, 1.82) is 0 Å². The van der Waals surface area contributed by atoms with Gasteiger partial charge in [-0.25, -0.2) is 13.2 Å². The fraction of sp³-hybridized carbons (Fsp3) is 0.421. The van der Waals surface area contributed by atoms with Crippen molar-refractivity contribution in [2.45, 2.75) is 37.7 Å². The van der Waals surface area contributed by atoms with Gasteiger partial charge in [0.25, 0.3) is 0 Å². The summed E-state index contributed by atoms with van der Waals surface area (Å²) in [5.74, 6) is 7.83. The molecule has 1 rings (SSSR count). The molecule has 0 bridgehead atoms. The highest BCUT2D eigenvalue weighted by Gasteiger charge is 2.23. The molecule has 26 heavy (non-hydrogen) atoms. The Morgan fingerprint density at radius 3 is 2.46 bits per heavy atom. The van der Waals surface area contributed by atoms with Gasteiger partial charge in [0.1, 0.15) is 0 Å². The van der Waals surface area contributed by atoms with Crippen LogP contribution in [0.15, 0.2) is 29.2 Å². The highest BCUT2D eigenvalue weighted by atomic mass is 32.2. The molecule has 0 fully saturated rings. The first kappa shape index (κ1) is 21.6. The average Bonchev–Trinajstić information content (AvgIpc) is 2.61. The van der Waals surface area contributed by atoms with E-state index in [9.17, 15) is 13.2 Å². The molecule has 0 aliphatic carbocycles. The second kappa shape index (κ2) is 10.5. The van der Waals surface area contributed by atoms with Crippen LogP contribution >= 0.6 is 0 Å². The van der Waals surface area contributed by atoms with Crippen LogP contribution in [-0.4, -0.2) is 45.2 Å². The van der Waals surface area contributed by atoms with Gasteiger partial charge in [0.05, 0.1) is 25.1 Å². The second-order valence-corrected chi connectivity index (χ2v) is 7.40. The molecule has 0 heterocycles. The van der Waals surface area contributed by atoms with E-state index in [1.807, 2.05) is 13.8 Å². The molecule has 6 nitrogen and oxygen atoms in total. The number of ether oxygens (including phenoxy) is 2. The van der Waals surface area contributed by atoms with Crippen LogP contribution in [0.3, 0.4) is 0 Å². The molecule has 1 atom stereocenters. The van der Waals surface area contributed by atoms with Crippen LogP contribution in [0.5, 0.6) is 0 Å². The molecule has 0 amide bonds. The minimum Gasteiger partial charge on any atom is -0.438 e. The van der Waals surface area contributed by atoms with Crippen molar-refractivity contribution in [3.05, 3.63) is 29.8 Å². The van der Waals surface area contributed by atoms with Crippen molar-refractivity contribution in [3.63, 3.8) is 0 Å². The number of hydrogen-bond donors (Lipinski definition) is 0. The molecule has 140 valence electrons. The predicted octanol–water partition coefficient (Wildman–Crippen LogP) is 2.57. The Kier molecular flexibility index (Phi) is 8.71. The zero-order valence-electron chi connectivity index (χ0n) is 15.2. The van der Waals surface area contributed by atoms with Gasteiger partial charge in [0.15, 0.2) is 6.10 Å². The molecule has 1 aromatic rings. The van der Waals surface area contributed by atoms with Gasteiger partial charge in [-0.15, -0.1) is 6.42 Å². The molecule has 0 saturated heterocycles. The Bertz CT molecular complexity index is 797. The molecule has 0 saturated carbocycles. The Morgan fingerprint density at radius 1 is 1.27 bits per heavy atom. The van der Waals surface area contributed by atoms with Crippen molar-refractivity contribution in [2.24, 2.45) is 0 Å². The Hall–Kier alpha value is -2.48. The largest absolute Gasteiger partial charge is 0.509 e. The van der Waals surface area contributed by atoms with Gasteiger partial charge in [0, 0.05) is 0 Å². The van der Waals surface area contributed by atoms with Gasteiger partial charge >= 0.3 is 6.16 Å². The zero-order chi connectivity index (χ0) is 19.6. The minimum atomic E-state index is -3.76. The zero-order valence-corrected chi connectivity index (χ0v) is 16.0. The molecule has 0 radical (unpaired) electrons. The maximum absolute atomic E-state index is 12.7. The molecule has 0 N–H and O–H groups in total. The fourth-order valence-corrected chi connectivity index (χ4v) is 3.28. The van der Waals surface area contributed by atoms with Crippen LogP contribution in [0, 0.1) is 31.1 Å². The number of nitrogens with zero attached hydrogens (tertiary/aromatic N) is 1. The maximum atomic E-state index is 12.7. The number of hydrogen-bond acceptors (Lipinski definition) is 5. The van der Waals surface area contributed by atoms with Gasteiger partial charge in [-0.1, -0.05) is 48.8 Å². The third kappa shape index (κ3) is 6.44. The molecular formula is C19H23NO5S. The summed E-state index contributed by atoms with van der Waals surface area (Å²) in [6.45, 7) is 3.57. The third-order valence-electron chi connectivity index (χ3n) is 3.40. The molecular weight excluding hydrogens is 354 g/mol. The molecule has 7 heteroatoms. The third-order valence-corrected chi connectivity index (χ3v) is 5.21. The van der Waals surface area contributed by atoms with Gasteiger partial charge in [-0.3, -0.25) is 0 Å². The van der Waals surface area contributed by atoms with Gasteiger partial charge in [-0.2, -0.15) is 4.31 Å². The number of rotatable bonds is 7. The average molecular weight is 377 g/mol. The van der Waals surface area contributed by atoms with Crippen molar-refractivity contribution in [3.8, 4) is 24.2 Å². The lowest BCUT2D eigenvalue weighted by atomic mass is 10.2. The van der Waals surface area contributed by atoms with Gasteiger partial charge < -0.3 is 9.47 Å². The lowest BCUT2D eigenvalue weighted by molar-refractivity contribution is 0.0527. The van der Waals surface area contributed by atoms with Crippen molar-refractivity contribution in [1.82, 2.24) is 4.31 Å². The number of benzene rings is 1. The molecule has 0 spiro atoms. The Labute approximate surface area is 155 Å². The topological polar surface area (TPSA) is 72.9 Å². The summed E-state index contributed by atoms with van der Waals surface area (Å²) >= 11 is 0. The Balaban J connectivity index is 2.96. The van der Waals surface area contributed by atoms with Gasteiger partial charge in [0.2, 0.25) is 10.0 Å². The first-order chi connectivity index (χ1) is 12.3.